The molecule has 0 spiro atoms. The van der Waals surface area contributed by atoms with Crippen molar-refractivity contribution in [3.8, 4) is 0 Å². The monoisotopic (exact) mass is 271 g/mol. The Morgan fingerprint density at radius 1 is 1.28 bits per heavy atom. The standard InChI is InChI=1S/C14H25NO2S/c15-14(10-12-8-9-18(16,17)11-12)13-6-4-2-1-3-5-7-13/h6,12,14H,1-5,7-11,15H2. The summed E-state index contributed by atoms with van der Waals surface area (Å²) < 4.78 is 22.9. The van der Waals surface area contributed by atoms with Gasteiger partial charge in [0.15, 0.2) is 9.84 Å². The van der Waals surface area contributed by atoms with Crippen molar-refractivity contribution in [2.75, 3.05) is 11.5 Å². The van der Waals surface area contributed by atoms with E-state index in [1.807, 2.05) is 0 Å². The van der Waals surface area contributed by atoms with E-state index in [4.69, 9.17) is 5.73 Å². The second-order valence-electron chi connectivity index (χ2n) is 5.84. The average Bonchev–Trinajstić information content (AvgIpc) is 2.57. The Morgan fingerprint density at radius 3 is 2.78 bits per heavy atom. The van der Waals surface area contributed by atoms with Gasteiger partial charge in [-0.05, 0) is 44.4 Å². The molecule has 0 amide bonds. The van der Waals surface area contributed by atoms with E-state index in [0.29, 0.717) is 11.5 Å². The van der Waals surface area contributed by atoms with Crippen LogP contribution in [0.3, 0.4) is 0 Å². The molecule has 2 aliphatic rings. The van der Waals surface area contributed by atoms with Crippen LogP contribution in [0.25, 0.3) is 0 Å². The topological polar surface area (TPSA) is 60.2 Å². The highest BCUT2D eigenvalue weighted by Gasteiger charge is 2.29. The normalized spacial score (nSPS) is 30.3. The van der Waals surface area contributed by atoms with Gasteiger partial charge in [0.25, 0.3) is 0 Å². The molecular formula is C14H25NO2S. The third-order valence-corrected chi connectivity index (χ3v) is 6.05. The molecule has 0 radical (unpaired) electrons. The van der Waals surface area contributed by atoms with E-state index in [1.165, 1.54) is 31.3 Å². The SMILES string of the molecule is NC(CC1CCS(=O)(=O)C1)C1=CCCCCCC1. The molecule has 1 saturated heterocycles. The van der Waals surface area contributed by atoms with Crippen molar-refractivity contribution in [1.82, 2.24) is 0 Å². The van der Waals surface area contributed by atoms with Gasteiger partial charge in [0.05, 0.1) is 11.5 Å². The van der Waals surface area contributed by atoms with Crippen LogP contribution in [0.15, 0.2) is 11.6 Å². The summed E-state index contributed by atoms with van der Waals surface area (Å²) in [6.07, 6.45) is 11.4. The first-order valence-electron chi connectivity index (χ1n) is 7.22. The van der Waals surface area contributed by atoms with Gasteiger partial charge in [-0.3, -0.25) is 0 Å². The van der Waals surface area contributed by atoms with Crippen LogP contribution < -0.4 is 5.73 Å². The first-order valence-corrected chi connectivity index (χ1v) is 9.04. The van der Waals surface area contributed by atoms with Gasteiger partial charge in [0, 0.05) is 6.04 Å². The van der Waals surface area contributed by atoms with Crippen LogP contribution in [0, 0.1) is 5.92 Å². The van der Waals surface area contributed by atoms with Crippen molar-refractivity contribution in [2.45, 2.75) is 57.4 Å². The molecule has 18 heavy (non-hydrogen) atoms. The molecule has 1 fully saturated rings. The number of sulfone groups is 1. The minimum absolute atomic E-state index is 0.0846. The minimum atomic E-state index is -2.76. The molecular weight excluding hydrogens is 246 g/mol. The molecule has 3 nitrogen and oxygen atoms in total. The highest BCUT2D eigenvalue weighted by atomic mass is 32.2. The van der Waals surface area contributed by atoms with Gasteiger partial charge in [-0.1, -0.05) is 24.5 Å². The summed E-state index contributed by atoms with van der Waals surface area (Å²) in [5.74, 6) is 1.01. The van der Waals surface area contributed by atoms with Gasteiger partial charge in [0.1, 0.15) is 0 Å². The maximum Gasteiger partial charge on any atom is 0.150 e. The Bertz CT molecular complexity index is 400. The lowest BCUT2D eigenvalue weighted by molar-refractivity contribution is 0.485. The van der Waals surface area contributed by atoms with E-state index in [2.05, 4.69) is 6.08 Å². The van der Waals surface area contributed by atoms with Gasteiger partial charge in [-0.15, -0.1) is 0 Å². The van der Waals surface area contributed by atoms with E-state index < -0.39 is 9.84 Å². The maximum atomic E-state index is 11.4. The molecule has 1 aliphatic heterocycles. The molecule has 0 aromatic carbocycles. The summed E-state index contributed by atoms with van der Waals surface area (Å²) in [5, 5.41) is 0. The van der Waals surface area contributed by atoms with Gasteiger partial charge in [0.2, 0.25) is 0 Å². The van der Waals surface area contributed by atoms with Crippen molar-refractivity contribution in [1.29, 1.82) is 0 Å². The predicted molar refractivity (Wildman–Crippen MR) is 75.1 cm³/mol. The van der Waals surface area contributed by atoms with Crippen LogP contribution in [0.5, 0.6) is 0 Å². The average molecular weight is 271 g/mol. The molecule has 104 valence electrons. The van der Waals surface area contributed by atoms with E-state index in [-0.39, 0.29) is 12.0 Å². The Morgan fingerprint density at radius 2 is 2.06 bits per heavy atom. The number of allylic oxidation sites excluding steroid dienone is 1. The first kappa shape index (κ1) is 14.1. The molecule has 0 bridgehead atoms. The zero-order valence-electron chi connectivity index (χ0n) is 11.1. The Hall–Kier alpha value is -0.350. The second-order valence-corrected chi connectivity index (χ2v) is 8.07. The third kappa shape index (κ3) is 4.09. The molecule has 2 atom stereocenters. The molecule has 0 aromatic rings. The van der Waals surface area contributed by atoms with Crippen LogP contribution >= 0.6 is 0 Å². The lowest BCUT2D eigenvalue weighted by Gasteiger charge is -2.20. The van der Waals surface area contributed by atoms with Crippen molar-refractivity contribution >= 4 is 9.84 Å². The maximum absolute atomic E-state index is 11.4. The molecule has 0 saturated carbocycles. The van der Waals surface area contributed by atoms with Crippen molar-refractivity contribution in [3.05, 3.63) is 11.6 Å². The Balaban J connectivity index is 1.88. The van der Waals surface area contributed by atoms with Gasteiger partial charge in [-0.25, -0.2) is 8.42 Å². The highest BCUT2D eigenvalue weighted by molar-refractivity contribution is 7.91. The van der Waals surface area contributed by atoms with Crippen LogP contribution in [-0.2, 0) is 9.84 Å². The largest absolute Gasteiger partial charge is 0.324 e. The smallest absolute Gasteiger partial charge is 0.150 e. The quantitative estimate of drug-likeness (QED) is 0.802. The van der Waals surface area contributed by atoms with Crippen molar-refractivity contribution in [3.63, 3.8) is 0 Å². The molecule has 2 rings (SSSR count). The predicted octanol–water partition coefficient (Wildman–Crippen LogP) is 2.42. The van der Waals surface area contributed by atoms with Crippen molar-refractivity contribution < 1.29 is 8.42 Å². The van der Waals surface area contributed by atoms with Crippen LogP contribution in [0.1, 0.15) is 51.4 Å². The summed E-state index contributed by atoms with van der Waals surface area (Å²) in [4.78, 5) is 0. The fourth-order valence-electron chi connectivity index (χ4n) is 3.12. The number of rotatable bonds is 3. The lowest BCUT2D eigenvalue weighted by Crippen LogP contribution is -2.27. The Kier molecular flexibility index (Phi) is 4.84. The summed E-state index contributed by atoms with van der Waals surface area (Å²) in [6, 6.07) is 0.0846. The summed E-state index contributed by atoms with van der Waals surface area (Å²) in [6.45, 7) is 0. The van der Waals surface area contributed by atoms with Crippen LogP contribution in [0.4, 0.5) is 0 Å². The molecule has 2 unspecified atom stereocenters. The summed E-state index contributed by atoms with van der Waals surface area (Å²) in [5.41, 5.74) is 7.65. The van der Waals surface area contributed by atoms with Crippen LogP contribution in [0.2, 0.25) is 0 Å². The second kappa shape index (κ2) is 6.20. The molecule has 0 aromatic heterocycles. The van der Waals surface area contributed by atoms with E-state index in [0.717, 1.165) is 25.7 Å². The zero-order chi connectivity index (χ0) is 13.0. The van der Waals surface area contributed by atoms with E-state index in [9.17, 15) is 8.42 Å². The number of hydrogen-bond donors (Lipinski definition) is 1. The molecule has 4 heteroatoms. The summed E-state index contributed by atoms with van der Waals surface area (Å²) in [7, 11) is -2.76. The minimum Gasteiger partial charge on any atom is -0.324 e. The van der Waals surface area contributed by atoms with Crippen molar-refractivity contribution in [2.24, 2.45) is 11.7 Å². The fourth-order valence-corrected chi connectivity index (χ4v) is 5.00. The van der Waals surface area contributed by atoms with Gasteiger partial charge in [-0.2, -0.15) is 0 Å². The molecule has 1 heterocycles. The number of nitrogens with two attached hydrogens (primary N) is 1. The van der Waals surface area contributed by atoms with E-state index >= 15 is 0 Å². The number of hydrogen-bond acceptors (Lipinski definition) is 3. The first-order chi connectivity index (χ1) is 8.57. The van der Waals surface area contributed by atoms with Crippen LogP contribution in [-0.4, -0.2) is 26.0 Å². The highest BCUT2D eigenvalue weighted by Crippen LogP contribution is 2.27. The Labute approximate surface area is 111 Å². The third-order valence-electron chi connectivity index (χ3n) is 4.22. The van der Waals surface area contributed by atoms with Gasteiger partial charge < -0.3 is 5.73 Å². The lowest BCUT2D eigenvalue weighted by atomic mass is 9.89. The zero-order valence-corrected chi connectivity index (χ0v) is 11.9. The molecule has 2 N–H and O–H groups in total. The fraction of sp³-hybridized carbons (Fsp3) is 0.857. The van der Waals surface area contributed by atoms with Gasteiger partial charge >= 0.3 is 0 Å². The summed E-state index contributed by atoms with van der Waals surface area (Å²) >= 11 is 0. The molecule has 1 aliphatic carbocycles. The van der Waals surface area contributed by atoms with E-state index in [1.54, 1.807) is 0 Å².